The standard InChI is InChI=1S/C18H17N3O2S/c1-12-6-7-14(13(2)9-12)15-11-24-18(19-15)20-16(22)10-21-8-4-3-5-17(21)23/h3-9,11H,10H2,1-2H3,(H,19,20,22). The molecule has 2 aromatic heterocycles. The van der Waals surface area contributed by atoms with Crippen LogP contribution in [0.25, 0.3) is 11.3 Å². The van der Waals surface area contributed by atoms with Gasteiger partial charge in [0.05, 0.1) is 5.69 Å². The Morgan fingerprint density at radius 2 is 2.08 bits per heavy atom. The van der Waals surface area contributed by atoms with Crippen molar-refractivity contribution < 1.29 is 4.79 Å². The van der Waals surface area contributed by atoms with Gasteiger partial charge in [-0.05, 0) is 25.5 Å². The summed E-state index contributed by atoms with van der Waals surface area (Å²) in [6.07, 6.45) is 1.59. The fourth-order valence-corrected chi connectivity index (χ4v) is 3.19. The first-order chi connectivity index (χ1) is 11.5. The van der Waals surface area contributed by atoms with Crippen molar-refractivity contribution in [2.24, 2.45) is 0 Å². The molecule has 24 heavy (non-hydrogen) atoms. The predicted octanol–water partition coefficient (Wildman–Crippen LogP) is 3.23. The molecule has 2 heterocycles. The Morgan fingerprint density at radius 3 is 2.83 bits per heavy atom. The minimum atomic E-state index is -0.273. The van der Waals surface area contributed by atoms with Crippen molar-refractivity contribution in [3.63, 3.8) is 0 Å². The summed E-state index contributed by atoms with van der Waals surface area (Å²) in [6, 6.07) is 11.0. The van der Waals surface area contributed by atoms with Gasteiger partial charge in [0, 0.05) is 23.2 Å². The highest BCUT2D eigenvalue weighted by molar-refractivity contribution is 7.14. The number of carbonyl (C=O) groups excluding carboxylic acids is 1. The molecule has 3 rings (SSSR count). The molecule has 0 spiro atoms. The summed E-state index contributed by atoms with van der Waals surface area (Å²) in [5.41, 5.74) is 4.03. The molecular formula is C18H17N3O2S. The van der Waals surface area contributed by atoms with E-state index in [2.05, 4.69) is 23.3 Å². The Labute approximate surface area is 143 Å². The van der Waals surface area contributed by atoms with Crippen LogP contribution in [0.4, 0.5) is 5.13 Å². The Hall–Kier alpha value is -2.73. The number of rotatable bonds is 4. The molecule has 0 aliphatic rings. The van der Waals surface area contributed by atoms with E-state index in [0.29, 0.717) is 5.13 Å². The number of carbonyl (C=O) groups is 1. The number of nitrogens with one attached hydrogen (secondary N) is 1. The van der Waals surface area contributed by atoms with Crippen LogP contribution in [0, 0.1) is 13.8 Å². The van der Waals surface area contributed by atoms with Crippen LogP contribution >= 0.6 is 11.3 Å². The van der Waals surface area contributed by atoms with Crippen molar-refractivity contribution in [2.75, 3.05) is 5.32 Å². The second kappa shape index (κ2) is 6.80. The minimum absolute atomic E-state index is 0.0296. The van der Waals surface area contributed by atoms with Gasteiger partial charge in [-0.15, -0.1) is 11.3 Å². The smallest absolute Gasteiger partial charge is 0.250 e. The van der Waals surface area contributed by atoms with Gasteiger partial charge < -0.3 is 9.88 Å². The quantitative estimate of drug-likeness (QED) is 0.794. The molecule has 1 amide bonds. The number of amides is 1. The molecule has 0 aliphatic heterocycles. The number of benzene rings is 1. The number of hydrogen-bond acceptors (Lipinski definition) is 4. The molecule has 0 saturated carbocycles. The summed E-state index contributed by atoms with van der Waals surface area (Å²) >= 11 is 1.37. The lowest BCUT2D eigenvalue weighted by atomic mass is 10.0. The van der Waals surface area contributed by atoms with E-state index in [0.717, 1.165) is 16.8 Å². The zero-order chi connectivity index (χ0) is 17.1. The van der Waals surface area contributed by atoms with E-state index in [1.807, 2.05) is 24.4 Å². The molecule has 0 aliphatic carbocycles. The highest BCUT2D eigenvalue weighted by atomic mass is 32.1. The van der Waals surface area contributed by atoms with Crippen LogP contribution in [0.1, 0.15) is 11.1 Å². The molecule has 0 bridgehead atoms. The van der Waals surface area contributed by atoms with Gasteiger partial charge in [-0.3, -0.25) is 9.59 Å². The number of nitrogens with zero attached hydrogens (tertiary/aromatic N) is 2. The molecule has 0 radical (unpaired) electrons. The molecule has 3 aromatic rings. The number of aromatic nitrogens is 2. The second-order valence-corrected chi connectivity index (χ2v) is 6.43. The third-order valence-electron chi connectivity index (χ3n) is 3.62. The average molecular weight is 339 g/mol. The molecule has 122 valence electrons. The van der Waals surface area contributed by atoms with E-state index in [9.17, 15) is 9.59 Å². The molecule has 0 fully saturated rings. The first-order valence-electron chi connectivity index (χ1n) is 7.51. The van der Waals surface area contributed by atoms with Gasteiger partial charge in [-0.1, -0.05) is 29.8 Å². The monoisotopic (exact) mass is 339 g/mol. The van der Waals surface area contributed by atoms with Gasteiger partial charge in [-0.2, -0.15) is 0 Å². The van der Waals surface area contributed by atoms with Crippen LogP contribution in [-0.4, -0.2) is 15.5 Å². The summed E-state index contributed by atoms with van der Waals surface area (Å²) in [4.78, 5) is 28.2. The summed E-state index contributed by atoms with van der Waals surface area (Å²) in [6.45, 7) is 4.06. The van der Waals surface area contributed by atoms with E-state index in [4.69, 9.17) is 0 Å². The summed E-state index contributed by atoms with van der Waals surface area (Å²) in [5.74, 6) is -0.273. The van der Waals surface area contributed by atoms with Crippen LogP contribution in [-0.2, 0) is 11.3 Å². The number of aryl methyl sites for hydroxylation is 2. The van der Waals surface area contributed by atoms with Crippen molar-refractivity contribution in [1.29, 1.82) is 0 Å². The summed E-state index contributed by atoms with van der Waals surface area (Å²) in [7, 11) is 0. The maximum atomic E-state index is 12.1. The van der Waals surface area contributed by atoms with Crippen molar-refractivity contribution >= 4 is 22.4 Å². The number of anilines is 1. The minimum Gasteiger partial charge on any atom is -0.306 e. The Bertz CT molecular complexity index is 943. The molecule has 6 heteroatoms. The molecule has 0 saturated heterocycles. The van der Waals surface area contributed by atoms with E-state index >= 15 is 0 Å². The average Bonchev–Trinajstić information content (AvgIpc) is 2.97. The van der Waals surface area contributed by atoms with E-state index in [1.54, 1.807) is 18.3 Å². The second-order valence-electron chi connectivity index (χ2n) is 5.57. The lowest BCUT2D eigenvalue weighted by Crippen LogP contribution is -2.26. The summed E-state index contributed by atoms with van der Waals surface area (Å²) < 4.78 is 1.36. The van der Waals surface area contributed by atoms with Gasteiger partial charge in [0.1, 0.15) is 6.54 Å². The molecule has 5 nitrogen and oxygen atoms in total. The summed E-state index contributed by atoms with van der Waals surface area (Å²) in [5, 5.41) is 5.19. The largest absolute Gasteiger partial charge is 0.306 e. The highest BCUT2D eigenvalue weighted by Gasteiger charge is 2.10. The number of thiazole rings is 1. The third-order valence-corrected chi connectivity index (χ3v) is 4.38. The van der Waals surface area contributed by atoms with Gasteiger partial charge in [0.2, 0.25) is 5.91 Å². The lowest BCUT2D eigenvalue weighted by molar-refractivity contribution is -0.116. The Morgan fingerprint density at radius 1 is 1.25 bits per heavy atom. The molecule has 0 atom stereocenters. The van der Waals surface area contributed by atoms with Gasteiger partial charge in [-0.25, -0.2) is 4.98 Å². The molecular weight excluding hydrogens is 322 g/mol. The van der Waals surface area contributed by atoms with E-state index in [-0.39, 0.29) is 18.0 Å². The Balaban J connectivity index is 1.73. The lowest BCUT2D eigenvalue weighted by Gasteiger charge is -2.05. The van der Waals surface area contributed by atoms with Crippen molar-refractivity contribution in [3.05, 3.63) is 69.5 Å². The van der Waals surface area contributed by atoms with Gasteiger partial charge >= 0.3 is 0 Å². The maximum Gasteiger partial charge on any atom is 0.250 e. The number of hydrogen-bond donors (Lipinski definition) is 1. The first kappa shape index (κ1) is 16.1. The Kier molecular flexibility index (Phi) is 4.57. The van der Waals surface area contributed by atoms with Crippen LogP contribution in [0.2, 0.25) is 0 Å². The predicted molar refractivity (Wildman–Crippen MR) is 96.4 cm³/mol. The van der Waals surface area contributed by atoms with Crippen LogP contribution in [0.3, 0.4) is 0 Å². The van der Waals surface area contributed by atoms with Crippen LogP contribution in [0.5, 0.6) is 0 Å². The fourth-order valence-electron chi connectivity index (χ4n) is 2.46. The topological polar surface area (TPSA) is 64.0 Å². The molecule has 1 N–H and O–H groups in total. The first-order valence-corrected chi connectivity index (χ1v) is 8.39. The van der Waals surface area contributed by atoms with Gasteiger partial charge in [0.15, 0.2) is 5.13 Å². The van der Waals surface area contributed by atoms with Crippen molar-refractivity contribution in [1.82, 2.24) is 9.55 Å². The van der Waals surface area contributed by atoms with Crippen molar-refractivity contribution in [2.45, 2.75) is 20.4 Å². The van der Waals surface area contributed by atoms with E-state index in [1.165, 1.54) is 27.5 Å². The van der Waals surface area contributed by atoms with Crippen LogP contribution in [0.15, 0.2) is 52.8 Å². The van der Waals surface area contributed by atoms with E-state index < -0.39 is 0 Å². The SMILES string of the molecule is Cc1ccc(-c2csc(NC(=O)Cn3ccccc3=O)n2)c(C)c1. The van der Waals surface area contributed by atoms with Crippen molar-refractivity contribution in [3.8, 4) is 11.3 Å². The number of pyridine rings is 1. The third kappa shape index (κ3) is 3.60. The molecule has 0 unspecified atom stereocenters. The zero-order valence-electron chi connectivity index (χ0n) is 13.4. The maximum absolute atomic E-state index is 12.1. The normalized spacial score (nSPS) is 10.6. The van der Waals surface area contributed by atoms with Gasteiger partial charge in [0.25, 0.3) is 5.56 Å². The highest BCUT2D eigenvalue weighted by Crippen LogP contribution is 2.27. The fraction of sp³-hybridized carbons (Fsp3) is 0.167. The zero-order valence-corrected chi connectivity index (χ0v) is 14.3. The molecule has 1 aromatic carbocycles. The van der Waals surface area contributed by atoms with Crippen LogP contribution < -0.4 is 10.9 Å².